The van der Waals surface area contributed by atoms with Crippen LogP contribution < -0.4 is 0 Å². The molecule has 2 aromatic heterocycles. The molecule has 0 unspecified atom stereocenters. The molecule has 0 saturated heterocycles. The van der Waals surface area contributed by atoms with Crippen molar-refractivity contribution >= 4 is 38.7 Å². The fraction of sp³-hybridized carbons (Fsp3) is 0.250. The number of hydrazone groups is 1. The zero-order valence-corrected chi connectivity index (χ0v) is 12.9. The first kappa shape index (κ1) is 13.7. The van der Waals surface area contributed by atoms with Crippen LogP contribution in [0.15, 0.2) is 38.5 Å². The number of nitrogens with zero attached hydrogens (tertiary/aromatic N) is 2. The van der Waals surface area contributed by atoms with Crippen LogP contribution >= 0.6 is 22.9 Å². The van der Waals surface area contributed by atoms with Gasteiger partial charge in [-0.05, 0) is 40.6 Å². The van der Waals surface area contributed by atoms with Gasteiger partial charge in [-0.3, -0.25) is 0 Å². The molecule has 1 atom stereocenters. The minimum Gasteiger partial charge on any atom is -0.447 e. The Hall–Kier alpha value is -1.31. The average molecular weight is 331 g/mol. The average Bonchev–Trinajstić information content (AvgIpc) is 3.06. The minimum atomic E-state index is -3.47. The Morgan fingerprint density at radius 3 is 2.80 bits per heavy atom. The van der Waals surface area contributed by atoms with E-state index in [9.17, 15) is 8.42 Å². The summed E-state index contributed by atoms with van der Waals surface area (Å²) in [4.78, 5) is 0. The van der Waals surface area contributed by atoms with Crippen LogP contribution in [0.3, 0.4) is 0 Å². The molecule has 0 fully saturated rings. The van der Waals surface area contributed by atoms with Crippen LogP contribution in [0.25, 0.3) is 0 Å². The molecular formula is C12H11ClN2O3S2. The second kappa shape index (κ2) is 4.91. The standard InChI is InChI=1S/C12H11ClN2O3S2/c1-20(16,17)15-10(11-2-3-12(13)18-11)6-9(14-15)8-4-5-19-7-8/h2-5,7,10H,6H2,1H3/t10-/m1/s1. The number of furan rings is 1. The summed E-state index contributed by atoms with van der Waals surface area (Å²) in [6, 6.07) is 4.71. The maximum atomic E-state index is 11.9. The van der Waals surface area contributed by atoms with Crippen molar-refractivity contribution in [1.29, 1.82) is 0 Å². The van der Waals surface area contributed by atoms with Crippen LogP contribution in [0.1, 0.15) is 23.8 Å². The molecule has 0 amide bonds. The molecule has 0 radical (unpaired) electrons. The predicted octanol–water partition coefficient (Wildman–Crippen LogP) is 3.11. The molecule has 0 aliphatic carbocycles. The number of halogens is 1. The van der Waals surface area contributed by atoms with E-state index in [-0.39, 0.29) is 5.22 Å². The lowest BCUT2D eigenvalue weighted by molar-refractivity contribution is 0.322. The molecule has 8 heteroatoms. The van der Waals surface area contributed by atoms with Gasteiger partial charge in [-0.15, -0.1) is 0 Å². The molecule has 3 heterocycles. The Kier molecular flexibility index (Phi) is 3.35. The molecule has 106 valence electrons. The SMILES string of the molecule is CS(=O)(=O)N1N=C(c2ccsc2)C[C@@H]1c1ccc(Cl)o1. The van der Waals surface area contributed by atoms with Crippen molar-refractivity contribution in [1.82, 2.24) is 4.41 Å². The minimum absolute atomic E-state index is 0.234. The molecule has 3 rings (SSSR count). The van der Waals surface area contributed by atoms with Crippen LogP contribution in [0, 0.1) is 0 Å². The summed E-state index contributed by atoms with van der Waals surface area (Å²) >= 11 is 7.31. The number of sulfonamides is 1. The number of rotatable bonds is 3. The summed E-state index contributed by atoms with van der Waals surface area (Å²) in [5, 5.41) is 8.34. The van der Waals surface area contributed by atoms with E-state index in [0.29, 0.717) is 12.2 Å². The van der Waals surface area contributed by atoms with Crippen molar-refractivity contribution in [2.45, 2.75) is 12.5 Å². The van der Waals surface area contributed by atoms with Gasteiger partial charge in [0, 0.05) is 12.0 Å². The first-order valence-electron chi connectivity index (χ1n) is 5.80. The lowest BCUT2D eigenvalue weighted by Crippen LogP contribution is -2.25. The van der Waals surface area contributed by atoms with Crippen molar-refractivity contribution in [3.8, 4) is 0 Å². The molecule has 1 aliphatic heterocycles. The smallest absolute Gasteiger partial charge is 0.247 e. The highest BCUT2D eigenvalue weighted by Crippen LogP contribution is 2.36. The van der Waals surface area contributed by atoms with Crippen molar-refractivity contribution in [3.05, 3.63) is 45.5 Å². The van der Waals surface area contributed by atoms with E-state index in [1.165, 1.54) is 0 Å². The van der Waals surface area contributed by atoms with Gasteiger partial charge in [0.25, 0.3) is 0 Å². The van der Waals surface area contributed by atoms with Gasteiger partial charge in [0.1, 0.15) is 11.8 Å². The summed E-state index contributed by atoms with van der Waals surface area (Å²) in [6.07, 6.45) is 1.60. The largest absolute Gasteiger partial charge is 0.447 e. The summed E-state index contributed by atoms with van der Waals surface area (Å²) in [6.45, 7) is 0. The topological polar surface area (TPSA) is 62.9 Å². The van der Waals surface area contributed by atoms with Crippen LogP contribution in [0.4, 0.5) is 0 Å². The van der Waals surface area contributed by atoms with E-state index in [1.807, 2.05) is 16.8 Å². The van der Waals surface area contributed by atoms with Crippen molar-refractivity contribution in [2.75, 3.05) is 6.26 Å². The van der Waals surface area contributed by atoms with Crippen LogP contribution in [0.5, 0.6) is 0 Å². The zero-order chi connectivity index (χ0) is 14.3. The van der Waals surface area contributed by atoms with Gasteiger partial charge in [0.05, 0.1) is 12.0 Å². The van der Waals surface area contributed by atoms with Crippen LogP contribution in [-0.2, 0) is 10.0 Å². The second-order valence-electron chi connectivity index (χ2n) is 4.46. The summed E-state index contributed by atoms with van der Waals surface area (Å²) in [5.41, 5.74) is 1.66. The summed E-state index contributed by atoms with van der Waals surface area (Å²) in [7, 11) is -3.47. The van der Waals surface area contributed by atoms with Gasteiger partial charge in [-0.1, -0.05) is 0 Å². The van der Waals surface area contributed by atoms with E-state index in [2.05, 4.69) is 5.10 Å². The summed E-state index contributed by atoms with van der Waals surface area (Å²) in [5.74, 6) is 0.495. The van der Waals surface area contributed by atoms with E-state index in [1.54, 1.807) is 23.5 Å². The normalized spacial score (nSPS) is 19.4. The van der Waals surface area contributed by atoms with E-state index < -0.39 is 16.1 Å². The fourth-order valence-electron chi connectivity index (χ4n) is 2.12. The lowest BCUT2D eigenvalue weighted by Gasteiger charge is -2.18. The lowest BCUT2D eigenvalue weighted by atomic mass is 10.1. The maximum absolute atomic E-state index is 11.9. The van der Waals surface area contributed by atoms with E-state index in [0.717, 1.165) is 21.9 Å². The van der Waals surface area contributed by atoms with Gasteiger partial charge in [0.2, 0.25) is 10.0 Å². The Bertz CT molecular complexity index is 750. The number of thiophene rings is 1. The number of hydrogen-bond acceptors (Lipinski definition) is 5. The maximum Gasteiger partial charge on any atom is 0.247 e. The highest BCUT2D eigenvalue weighted by Gasteiger charge is 2.36. The van der Waals surface area contributed by atoms with Gasteiger partial charge in [-0.2, -0.15) is 20.9 Å². The molecule has 2 aromatic rings. The van der Waals surface area contributed by atoms with Gasteiger partial charge in [0.15, 0.2) is 5.22 Å². The van der Waals surface area contributed by atoms with Crippen molar-refractivity contribution < 1.29 is 12.8 Å². The van der Waals surface area contributed by atoms with E-state index >= 15 is 0 Å². The second-order valence-corrected chi connectivity index (χ2v) is 7.45. The quantitative estimate of drug-likeness (QED) is 0.868. The van der Waals surface area contributed by atoms with Gasteiger partial charge < -0.3 is 4.42 Å². The molecule has 20 heavy (non-hydrogen) atoms. The molecule has 0 aromatic carbocycles. The highest BCUT2D eigenvalue weighted by molar-refractivity contribution is 7.88. The third-order valence-electron chi connectivity index (χ3n) is 2.99. The fourth-order valence-corrected chi connectivity index (χ4v) is 3.82. The molecule has 0 bridgehead atoms. The van der Waals surface area contributed by atoms with Gasteiger partial charge >= 0.3 is 0 Å². The third kappa shape index (κ3) is 2.48. The molecule has 5 nitrogen and oxygen atoms in total. The molecular weight excluding hydrogens is 320 g/mol. The third-order valence-corrected chi connectivity index (χ3v) is 4.89. The van der Waals surface area contributed by atoms with Crippen molar-refractivity contribution in [3.63, 3.8) is 0 Å². The Morgan fingerprint density at radius 1 is 1.45 bits per heavy atom. The molecule has 0 saturated carbocycles. The Morgan fingerprint density at radius 2 is 2.25 bits per heavy atom. The molecule has 0 spiro atoms. The highest BCUT2D eigenvalue weighted by atomic mass is 35.5. The first-order chi connectivity index (χ1) is 9.45. The monoisotopic (exact) mass is 330 g/mol. The zero-order valence-electron chi connectivity index (χ0n) is 10.5. The summed E-state index contributed by atoms with van der Waals surface area (Å²) < 4.78 is 30.2. The Balaban J connectivity index is 2.00. The number of hydrogen-bond donors (Lipinski definition) is 0. The van der Waals surface area contributed by atoms with Gasteiger partial charge in [-0.25, -0.2) is 8.42 Å². The van der Waals surface area contributed by atoms with E-state index in [4.69, 9.17) is 16.0 Å². The van der Waals surface area contributed by atoms with Crippen LogP contribution in [-0.4, -0.2) is 24.8 Å². The van der Waals surface area contributed by atoms with Crippen LogP contribution in [0.2, 0.25) is 5.22 Å². The molecule has 1 aliphatic rings. The Labute approximate surface area is 125 Å². The predicted molar refractivity (Wildman–Crippen MR) is 78.6 cm³/mol. The first-order valence-corrected chi connectivity index (χ1v) is 8.97. The van der Waals surface area contributed by atoms with Crippen molar-refractivity contribution in [2.24, 2.45) is 5.10 Å². The molecule has 0 N–H and O–H groups in total.